The molecule has 0 aliphatic heterocycles. The summed E-state index contributed by atoms with van der Waals surface area (Å²) in [6.07, 6.45) is 6.90. The molecule has 0 aliphatic rings. The molecule has 2 N–H and O–H groups in total. The second-order valence-electron chi connectivity index (χ2n) is 3.61. The van der Waals surface area contributed by atoms with Crippen molar-refractivity contribution >= 4 is 0 Å². The molecule has 80 valence electrons. The van der Waals surface area contributed by atoms with Crippen LogP contribution in [0.1, 0.15) is 5.82 Å². The van der Waals surface area contributed by atoms with Crippen molar-refractivity contribution in [2.24, 2.45) is 7.05 Å². The number of nitrogens with zero attached hydrogens (tertiary/aromatic N) is 2. The fraction of sp³-hybridized carbons (Fsp3) is 0.364. The predicted octanol–water partition coefficient (Wildman–Crippen LogP) is 1.18. The number of aromatic amines is 1. The van der Waals surface area contributed by atoms with Crippen LogP contribution in [-0.2, 0) is 13.5 Å². The third kappa shape index (κ3) is 2.10. The summed E-state index contributed by atoms with van der Waals surface area (Å²) >= 11 is 0. The lowest BCUT2D eigenvalue weighted by atomic mass is 10.3. The normalized spacial score (nSPS) is 10.8. The third-order valence-electron chi connectivity index (χ3n) is 2.46. The maximum absolute atomic E-state index is 4.59. The first-order valence-electron chi connectivity index (χ1n) is 5.11. The van der Waals surface area contributed by atoms with E-state index in [4.69, 9.17) is 0 Å². The zero-order valence-corrected chi connectivity index (χ0v) is 9.12. The quantitative estimate of drug-likeness (QED) is 0.785. The zero-order valence-electron chi connectivity index (χ0n) is 9.12. The first-order valence-corrected chi connectivity index (χ1v) is 5.11. The molecule has 0 atom stereocenters. The minimum atomic E-state index is 0.956. The molecular weight excluding hydrogens is 188 g/mol. The molecule has 0 radical (unpaired) electrons. The molecule has 0 unspecified atom stereocenters. The van der Waals surface area contributed by atoms with E-state index in [9.17, 15) is 0 Å². The molecule has 2 rings (SSSR count). The van der Waals surface area contributed by atoms with E-state index >= 15 is 0 Å². The highest BCUT2D eigenvalue weighted by Crippen LogP contribution is 2.17. The number of hydrogen-bond donors (Lipinski definition) is 2. The molecule has 0 saturated heterocycles. The Balaban J connectivity index is 2.21. The van der Waals surface area contributed by atoms with Crippen LogP contribution in [-0.4, -0.2) is 28.1 Å². The van der Waals surface area contributed by atoms with Gasteiger partial charge in [-0.25, -0.2) is 4.98 Å². The Hall–Kier alpha value is -1.55. The van der Waals surface area contributed by atoms with Crippen LogP contribution in [0.2, 0.25) is 0 Å². The molecule has 0 fully saturated rings. The van der Waals surface area contributed by atoms with Crippen LogP contribution in [0.25, 0.3) is 11.3 Å². The summed E-state index contributed by atoms with van der Waals surface area (Å²) < 4.78 is 2.08. The van der Waals surface area contributed by atoms with Gasteiger partial charge in [-0.05, 0) is 13.1 Å². The molecule has 0 saturated carbocycles. The maximum atomic E-state index is 4.59. The molecule has 2 heterocycles. The Morgan fingerprint density at radius 1 is 1.53 bits per heavy atom. The van der Waals surface area contributed by atoms with Gasteiger partial charge in [-0.1, -0.05) is 0 Å². The second-order valence-corrected chi connectivity index (χ2v) is 3.61. The smallest absolute Gasteiger partial charge is 0.110 e. The lowest BCUT2D eigenvalue weighted by Gasteiger charge is -1.99. The standard InChI is InChI=1S/C11H16N4/c1-12-5-4-11-14-10(8-15(11)2)9-3-6-13-7-9/h3,6-8,12-13H,4-5H2,1-2H3. The average Bonchev–Trinajstić information content (AvgIpc) is 2.83. The summed E-state index contributed by atoms with van der Waals surface area (Å²) in [6.45, 7) is 0.956. The fourth-order valence-corrected chi connectivity index (χ4v) is 1.60. The van der Waals surface area contributed by atoms with Gasteiger partial charge in [0.05, 0.1) is 5.69 Å². The van der Waals surface area contributed by atoms with Crippen molar-refractivity contribution in [1.29, 1.82) is 0 Å². The van der Waals surface area contributed by atoms with Gasteiger partial charge in [-0.2, -0.15) is 0 Å². The molecule has 0 aromatic carbocycles. The molecule has 0 aliphatic carbocycles. The Bertz CT molecular complexity index is 414. The second kappa shape index (κ2) is 4.31. The van der Waals surface area contributed by atoms with E-state index in [0.29, 0.717) is 0 Å². The summed E-state index contributed by atoms with van der Waals surface area (Å²) in [5, 5.41) is 3.13. The Kier molecular flexibility index (Phi) is 2.87. The van der Waals surface area contributed by atoms with Gasteiger partial charge in [0.15, 0.2) is 0 Å². The van der Waals surface area contributed by atoms with Crippen molar-refractivity contribution in [1.82, 2.24) is 19.9 Å². The zero-order chi connectivity index (χ0) is 10.7. The summed E-state index contributed by atoms with van der Waals surface area (Å²) in [6, 6.07) is 2.03. The van der Waals surface area contributed by atoms with E-state index in [1.54, 1.807) is 0 Å². The maximum Gasteiger partial charge on any atom is 0.110 e. The monoisotopic (exact) mass is 204 g/mol. The minimum absolute atomic E-state index is 0.956. The third-order valence-corrected chi connectivity index (χ3v) is 2.46. The molecule has 2 aromatic heterocycles. The van der Waals surface area contributed by atoms with Gasteiger partial charge in [0, 0.05) is 44.2 Å². The van der Waals surface area contributed by atoms with E-state index in [1.165, 1.54) is 0 Å². The van der Waals surface area contributed by atoms with Crippen LogP contribution in [0.5, 0.6) is 0 Å². The average molecular weight is 204 g/mol. The molecule has 0 amide bonds. The number of imidazole rings is 1. The fourth-order valence-electron chi connectivity index (χ4n) is 1.60. The van der Waals surface area contributed by atoms with Crippen LogP contribution >= 0.6 is 0 Å². The van der Waals surface area contributed by atoms with Crippen LogP contribution < -0.4 is 5.32 Å². The number of nitrogens with one attached hydrogen (secondary N) is 2. The van der Waals surface area contributed by atoms with E-state index < -0.39 is 0 Å². The largest absolute Gasteiger partial charge is 0.367 e. The topological polar surface area (TPSA) is 45.6 Å². The molecular formula is C11H16N4. The number of hydrogen-bond acceptors (Lipinski definition) is 2. The summed E-state index contributed by atoms with van der Waals surface area (Å²) in [4.78, 5) is 7.63. The lowest BCUT2D eigenvalue weighted by molar-refractivity contribution is 0.718. The van der Waals surface area contributed by atoms with Gasteiger partial charge < -0.3 is 14.9 Å². The predicted molar refractivity (Wildman–Crippen MR) is 60.6 cm³/mol. The summed E-state index contributed by atoms with van der Waals surface area (Å²) in [7, 11) is 3.99. The molecule has 0 bridgehead atoms. The van der Waals surface area contributed by atoms with Crippen molar-refractivity contribution in [3.63, 3.8) is 0 Å². The van der Waals surface area contributed by atoms with Crippen LogP contribution in [0.3, 0.4) is 0 Å². The van der Waals surface area contributed by atoms with Gasteiger partial charge in [-0.3, -0.25) is 0 Å². The van der Waals surface area contributed by atoms with Crippen molar-refractivity contribution in [2.45, 2.75) is 6.42 Å². The number of aryl methyl sites for hydroxylation is 1. The number of likely N-dealkylation sites (N-methyl/N-ethyl adjacent to an activating group) is 1. The van der Waals surface area contributed by atoms with Gasteiger partial charge in [0.1, 0.15) is 5.82 Å². The summed E-state index contributed by atoms with van der Waals surface area (Å²) in [5.74, 6) is 1.11. The highest BCUT2D eigenvalue weighted by atomic mass is 15.0. The minimum Gasteiger partial charge on any atom is -0.367 e. The Morgan fingerprint density at radius 3 is 3.07 bits per heavy atom. The highest BCUT2D eigenvalue weighted by Gasteiger charge is 2.06. The first kappa shape index (κ1) is 9.98. The van der Waals surface area contributed by atoms with Gasteiger partial charge in [0.25, 0.3) is 0 Å². The van der Waals surface area contributed by atoms with Crippen molar-refractivity contribution in [3.8, 4) is 11.3 Å². The van der Waals surface area contributed by atoms with Crippen LogP contribution in [0.15, 0.2) is 24.7 Å². The number of aromatic nitrogens is 3. The van der Waals surface area contributed by atoms with Crippen molar-refractivity contribution < 1.29 is 0 Å². The summed E-state index contributed by atoms with van der Waals surface area (Å²) in [5.41, 5.74) is 2.17. The molecule has 0 spiro atoms. The SMILES string of the molecule is CNCCc1nc(-c2cc[nH]c2)cn1C. The van der Waals surface area contributed by atoms with E-state index in [1.807, 2.05) is 32.6 Å². The molecule has 4 heteroatoms. The van der Waals surface area contributed by atoms with Crippen LogP contribution in [0, 0.1) is 0 Å². The van der Waals surface area contributed by atoms with E-state index in [0.717, 1.165) is 30.0 Å². The van der Waals surface area contributed by atoms with Crippen molar-refractivity contribution in [2.75, 3.05) is 13.6 Å². The lowest BCUT2D eigenvalue weighted by Crippen LogP contribution is -2.12. The first-order chi connectivity index (χ1) is 7.31. The van der Waals surface area contributed by atoms with Crippen molar-refractivity contribution in [3.05, 3.63) is 30.5 Å². The van der Waals surface area contributed by atoms with Gasteiger partial charge in [0.2, 0.25) is 0 Å². The molecule has 15 heavy (non-hydrogen) atoms. The Labute approximate surface area is 89.3 Å². The molecule has 4 nitrogen and oxygen atoms in total. The van der Waals surface area contributed by atoms with E-state index in [-0.39, 0.29) is 0 Å². The van der Waals surface area contributed by atoms with Crippen LogP contribution in [0.4, 0.5) is 0 Å². The Morgan fingerprint density at radius 2 is 2.40 bits per heavy atom. The molecule has 2 aromatic rings. The highest BCUT2D eigenvalue weighted by molar-refractivity contribution is 5.57. The van der Waals surface area contributed by atoms with E-state index in [2.05, 4.69) is 26.0 Å². The number of rotatable bonds is 4. The van der Waals surface area contributed by atoms with Gasteiger partial charge >= 0.3 is 0 Å². The number of H-pyrrole nitrogens is 1. The van der Waals surface area contributed by atoms with Gasteiger partial charge in [-0.15, -0.1) is 0 Å².